The lowest BCUT2D eigenvalue weighted by atomic mass is 10.1. The van der Waals surface area contributed by atoms with Gasteiger partial charge in [0.1, 0.15) is 5.82 Å². The smallest absolute Gasteiger partial charge is 0.260 e. The molecule has 2 aromatic rings. The zero-order valence-corrected chi connectivity index (χ0v) is 12.0. The van der Waals surface area contributed by atoms with Crippen LogP contribution in [0.5, 0.6) is 0 Å². The molecule has 0 aliphatic carbocycles. The summed E-state index contributed by atoms with van der Waals surface area (Å²) in [5.41, 5.74) is 1.49. The summed E-state index contributed by atoms with van der Waals surface area (Å²) in [6.07, 6.45) is 0.759. The van der Waals surface area contributed by atoms with Crippen molar-refractivity contribution < 1.29 is 9.18 Å². The van der Waals surface area contributed by atoms with E-state index in [-0.39, 0.29) is 10.6 Å². The Balaban J connectivity index is 2.15. The SMILES string of the molecule is O=C(Nc1ccc(CCCl)cc1)c1c(F)cccc1Cl. The molecule has 0 fully saturated rings. The number of carbonyl (C=O) groups excluding carboxylic acids is 1. The molecule has 0 heterocycles. The summed E-state index contributed by atoms with van der Waals surface area (Å²) < 4.78 is 13.6. The summed E-state index contributed by atoms with van der Waals surface area (Å²) in [4.78, 5) is 12.0. The standard InChI is InChI=1S/C15H12Cl2FNO/c16-9-8-10-4-6-11(7-5-10)19-15(20)14-12(17)2-1-3-13(14)18/h1-7H,8-9H2,(H,19,20). The van der Waals surface area contributed by atoms with E-state index in [0.717, 1.165) is 12.0 Å². The molecule has 0 bridgehead atoms. The molecule has 0 spiro atoms. The summed E-state index contributed by atoms with van der Waals surface area (Å²) in [6, 6.07) is 11.3. The van der Waals surface area contributed by atoms with Gasteiger partial charge in [0.15, 0.2) is 0 Å². The number of rotatable bonds is 4. The molecule has 2 nitrogen and oxygen atoms in total. The van der Waals surface area contributed by atoms with Gasteiger partial charge in [-0.05, 0) is 36.2 Å². The second-order valence-corrected chi connectivity index (χ2v) is 4.97. The first-order valence-corrected chi connectivity index (χ1v) is 6.93. The third-order valence-electron chi connectivity index (χ3n) is 2.78. The number of hydrogen-bond acceptors (Lipinski definition) is 1. The first kappa shape index (κ1) is 14.8. The Morgan fingerprint density at radius 1 is 1.15 bits per heavy atom. The normalized spacial score (nSPS) is 10.3. The van der Waals surface area contributed by atoms with Crippen LogP contribution in [0, 0.1) is 5.82 Å². The minimum Gasteiger partial charge on any atom is -0.322 e. The van der Waals surface area contributed by atoms with Gasteiger partial charge in [-0.1, -0.05) is 29.8 Å². The fraction of sp³-hybridized carbons (Fsp3) is 0.133. The van der Waals surface area contributed by atoms with Gasteiger partial charge < -0.3 is 5.32 Å². The summed E-state index contributed by atoms with van der Waals surface area (Å²) in [7, 11) is 0. The predicted molar refractivity (Wildman–Crippen MR) is 80.2 cm³/mol. The number of amides is 1. The van der Waals surface area contributed by atoms with Gasteiger partial charge in [-0.25, -0.2) is 4.39 Å². The molecule has 0 aliphatic heterocycles. The van der Waals surface area contributed by atoms with Crippen LogP contribution in [-0.2, 0) is 6.42 Å². The molecule has 2 rings (SSSR count). The summed E-state index contributed by atoms with van der Waals surface area (Å²) in [5, 5.41) is 2.70. The minimum atomic E-state index is -0.645. The van der Waals surface area contributed by atoms with Crippen LogP contribution in [-0.4, -0.2) is 11.8 Å². The molecule has 0 saturated heterocycles. The van der Waals surface area contributed by atoms with Gasteiger partial charge in [-0.3, -0.25) is 4.79 Å². The maximum absolute atomic E-state index is 13.6. The largest absolute Gasteiger partial charge is 0.322 e. The molecule has 0 unspecified atom stereocenters. The highest BCUT2D eigenvalue weighted by Crippen LogP contribution is 2.20. The van der Waals surface area contributed by atoms with Crippen molar-refractivity contribution in [3.05, 3.63) is 64.4 Å². The fourth-order valence-electron chi connectivity index (χ4n) is 1.77. The Hall–Kier alpha value is -1.58. The average molecular weight is 312 g/mol. The molecule has 20 heavy (non-hydrogen) atoms. The maximum atomic E-state index is 13.6. The number of alkyl halides is 1. The predicted octanol–water partition coefficient (Wildman–Crippen LogP) is 4.51. The number of hydrogen-bond donors (Lipinski definition) is 1. The quantitative estimate of drug-likeness (QED) is 0.827. The highest BCUT2D eigenvalue weighted by Gasteiger charge is 2.15. The van der Waals surface area contributed by atoms with Crippen molar-refractivity contribution in [2.24, 2.45) is 0 Å². The Bertz CT molecular complexity index is 594. The maximum Gasteiger partial charge on any atom is 0.260 e. The van der Waals surface area contributed by atoms with Gasteiger partial charge in [0.05, 0.1) is 10.6 Å². The lowest BCUT2D eigenvalue weighted by Gasteiger charge is -2.08. The Kier molecular flexibility index (Phi) is 4.99. The van der Waals surface area contributed by atoms with E-state index in [1.165, 1.54) is 18.2 Å². The van der Waals surface area contributed by atoms with Crippen LogP contribution in [0.15, 0.2) is 42.5 Å². The first-order chi connectivity index (χ1) is 9.61. The van der Waals surface area contributed by atoms with E-state index in [0.29, 0.717) is 11.6 Å². The van der Waals surface area contributed by atoms with Crippen molar-refractivity contribution in [1.29, 1.82) is 0 Å². The van der Waals surface area contributed by atoms with Crippen LogP contribution in [0.25, 0.3) is 0 Å². The van der Waals surface area contributed by atoms with Gasteiger partial charge >= 0.3 is 0 Å². The second kappa shape index (κ2) is 6.73. The lowest BCUT2D eigenvalue weighted by Crippen LogP contribution is -2.14. The monoisotopic (exact) mass is 311 g/mol. The molecule has 0 atom stereocenters. The van der Waals surface area contributed by atoms with Crippen LogP contribution < -0.4 is 5.32 Å². The van der Waals surface area contributed by atoms with Crippen LogP contribution in [0.3, 0.4) is 0 Å². The van der Waals surface area contributed by atoms with Gasteiger partial charge in [-0.2, -0.15) is 0 Å². The number of halogens is 3. The Labute approximate surface area is 126 Å². The molecule has 1 N–H and O–H groups in total. The van der Waals surface area contributed by atoms with Crippen molar-refractivity contribution in [3.63, 3.8) is 0 Å². The second-order valence-electron chi connectivity index (χ2n) is 4.19. The topological polar surface area (TPSA) is 29.1 Å². The summed E-state index contributed by atoms with van der Waals surface area (Å²) in [5.74, 6) is -0.678. The van der Waals surface area contributed by atoms with Crippen molar-refractivity contribution in [2.45, 2.75) is 6.42 Å². The number of anilines is 1. The molecule has 0 aliphatic rings. The van der Waals surface area contributed by atoms with E-state index in [9.17, 15) is 9.18 Å². The molecular weight excluding hydrogens is 300 g/mol. The summed E-state index contributed by atoms with van der Waals surface area (Å²) >= 11 is 11.5. The molecule has 104 valence electrons. The van der Waals surface area contributed by atoms with E-state index in [1.807, 2.05) is 12.1 Å². The van der Waals surface area contributed by atoms with E-state index in [4.69, 9.17) is 23.2 Å². The molecule has 0 radical (unpaired) electrons. The number of benzene rings is 2. The number of nitrogens with one attached hydrogen (secondary N) is 1. The first-order valence-electron chi connectivity index (χ1n) is 6.02. The van der Waals surface area contributed by atoms with Crippen LogP contribution >= 0.6 is 23.2 Å². The number of carbonyl (C=O) groups is 1. The zero-order chi connectivity index (χ0) is 14.5. The van der Waals surface area contributed by atoms with Crippen LogP contribution in [0.1, 0.15) is 15.9 Å². The third-order valence-corrected chi connectivity index (χ3v) is 3.29. The van der Waals surface area contributed by atoms with Gasteiger partial charge in [0.2, 0.25) is 0 Å². The molecule has 2 aromatic carbocycles. The van der Waals surface area contributed by atoms with Gasteiger partial charge in [0.25, 0.3) is 5.91 Å². The van der Waals surface area contributed by atoms with E-state index in [2.05, 4.69) is 5.32 Å². The van der Waals surface area contributed by atoms with Crippen molar-refractivity contribution in [1.82, 2.24) is 0 Å². The van der Waals surface area contributed by atoms with E-state index in [1.54, 1.807) is 12.1 Å². The average Bonchev–Trinajstić information content (AvgIpc) is 2.41. The van der Waals surface area contributed by atoms with Crippen LogP contribution in [0.4, 0.5) is 10.1 Å². The summed E-state index contributed by atoms with van der Waals surface area (Å²) in [6.45, 7) is 0. The molecular formula is C15H12Cl2FNO. The molecule has 0 saturated carbocycles. The fourth-order valence-corrected chi connectivity index (χ4v) is 2.24. The third kappa shape index (κ3) is 3.50. The van der Waals surface area contributed by atoms with Gasteiger partial charge in [0, 0.05) is 11.6 Å². The minimum absolute atomic E-state index is 0.0845. The Morgan fingerprint density at radius 2 is 1.85 bits per heavy atom. The van der Waals surface area contributed by atoms with E-state index < -0.39 is 11.7 Å². The highest BCUT2D eigenvalue weighted by atomic mass is 35.5. The van der Waals surface area contributed by atoms with Crippen molar-refractivity contribution in [3.8, 4) is 0 Å². The van der Waals surface area contributed by atoms with E-state index >= 15 is 0 Å². The zero-order valence-electron chi connectivity index (χ0n) is 10.5. The lowest BCUT2D eigenvalue weighted by molar-refractivity contribution is 0.102. The number of aryl methyl sites for hydroxylation is 1. The molecule has 0 aromatic heterocycles. The molecule has 5 heteroatoms. The van der Waals surface area contributed by atoms with Crippen molar-refractivity contribution >= 4 is 34.8 Å². The van der Waals surface area contributed by atoms with Gasteiger partial charge in [-0.15, -0.1) is 11.6 Å². The highest BCUT2D eigenvalue weighted by molar-refractivity contribution is 6.34. The van der Waals surface area contributed by atoms with Crippen LogP contribution in [0.2, 0.25) is 5.02 Å². The van der Waals surface area contributed by atoms with Crippen molar-refractivity contribution in [2.75, 3.05) is 11.2 Å². The Morgan fingerprint density at radius 3 is 2.45 bits per heavy atom. The molecule has 1 amide bonds.